The van der Waals surface area contributed by atoms with Gasteiger partial charge >= 0.3 is 12.9 Å². The summed E-state index contributed by atoms with van der Waals surface area (Å²) in [6, 6.07) is 0. The average molecular weight is 271 g/mol. The molecule has 0 aliphatic carbocycles. The van der Waals surface area contributed by atoms with E-state index in [0.717, 1.165) is 6.08 Å². The summed E-state index contributed by atoms with van der Waals surface area (Å²) < 4.78 is 25.7. The summed E-state index contributed by atoms with van der Waals surface area (Å²) in [5.41, 5.74) is 0. The maximum Gasteiger partial charge on any atom is 0.476 e. The minimum atomic E-state index is -3.64. The molecule has 0 radical (unpaired) electrons. The van der Waals surface area contributed by atoms with Crippen molar-refractivity contribution in [3.63, 3.8) is 0 Å². The van der Waals surface area contributed by atoms with Gasteiger partial charge in [-0.25, -0.2) is 9.36 Å². The molecular weight excluding hydrogens is 255 g/mol. The third kappa shape index (κ3) is 6.88. The van der Waals surface area contributed by atoms with Gasteiger partial charge in [-0.3, -0.25) is 4.52 Å². The van der Waals surface area contributed by atoms with Gasteiger partial charge in [0.25, 0.3) is 0 Å². The van der Waals surface area contributed by atoms with Crippen molar-refractivity contribution in [2.45, 2.75) is 27.2 Å². The summed E-state index contributed by atoms with van der Waals surface area (Å²) in [7, 11) is 0. The zero-order valence-corrected chi connectivity index (χ0v) is 11.2. The molecule has 0 bridgehead atoms. The van der Waals surface area contributed by atoms with Crippen molar-refractivity contribution in [3.8, 4) is 0 Å². The number of hydrogen-bond donors (Lipinski definition) is 0. The standard InChI is InChI=1S/C9H16ClO5P/c1-4-8(7-9(11)13-5-2)15-16(10,12)14-6-3/h7H,4-6H2,1-3H3. The van der Waals surface area contributed by atoms with E-state index in [4.69, 9.17) is 20.3 Å². The number of carbonyl (C=O) groups is 1. The predicted molar refractivity (Wildman–Crippen MR) is 61.2 cm³/mol. The first kappa shape index (κ1) is 15.5. The second-order valence-electron chi connectivity index (χ2n) is 2.66. The highest BCUT2D eigenvalue weighted by Gasteiger charge is 2.22. The average Bonchev–Trinajstić information content (AvgIpc) is 2.16. The maximum absolute atomic E-state index is 11.5. The molecule has 0 saturated heterocycles. The van der Waals surface area contributed by atoms with Crippen molar-refractivity contribution in [3.05, 3.63) is 11.8 Å². The first-order chi connectivity index (χ1) is 7.45. The van der Waals surface area contributed by atoms with Gasteiger partial charge in [0.15, 0.2) is 0 Å². The van der Waals surface area contributed by atoms with Crippen LogP contribution in [-0.2, 0) is 23.1 Å². The number of carbonyl (C=O) groups excluding carboxylic acids is 1. The van der Waals surface area contributed by atoms with Gasteiger partial charge in [-0.1, -0.05) is 6.92 Å². The van der Waals surface area contributed by atoms with Crippen LogP contribution in [0.1, 0.15) is 27.2 Å². The Balaban J connectivity index is 4.51. The molecule has 0 spiro atoms. The highest BCUT2D eigenvalue weighted by atomic mass is 35.7. The van der Waals surface area contributed by atoms with Gasteiger partial charge in [0.2, 0.25) is 0 Å². The van der Waals surface area contributed by atoms with E-state index in [1.807, 2.05) is 0 Å². The molecule has 94 valence electrons. The third-order valence-corrected chi connectivity index (χ3v) is 2.94. The topological polar surface area (TPSA) is 61.8 Å². The molecule has 1 unspecified atom stereocenters. The van der Waals surface area contributed by atoms with Crippen molar-refractivity contribution in [1.82, 2.24) is 0 Å². The molecule has 5 nitrogen and oxygen atoms in total. The molecule has 7 heteroatoms. The molecule has 0 aliphatic heterocycles. The third-order valence-electron chi connectivity index (χ3n) is 1.42. The summed E-state index contributed by atoms with van der Waals surface area (Å²) in [6.07, 6.45) is 1.47. The highest BCUT2D eigenvalue weighted by Crippen LogP contribution is 2.55. The van der Waals surface area contributed by atoms with Gasteiger partial charge in [0.05, 0.1) is 19.3 Å². The summed E-state index contributed by atoms with van der Waals surface area (Å²) in [5.74, 6) is -0.391. The lowest BCUT2D eigenvalue weighted by Crippen LogP contribution is -2.02. The molecule has 1 atom stereocenters. The van der Waals surface area contributed by atoms with Crippen LogP contribution in [0.5, 0.6) is 0 Å². The van der Waals surface area contributed by atoms with Gasteiger partial charge in [0.1, 0.15) is 5.76 Å². The lowest BCUT2D eigenvalue weighted by molar-refractivity contribution is -0.137. The lowest BCUT2D eigenvalue weighted by atomic mass is 10.4. The second-order valence-corrected chi connectivity index (χ2v) is 5.20. The number of hydrogen-bond acceptors (Lipinski definition) is 5. The highest BCUT2D eigenvalue weighted by molar-refractivity contribution is 7.81. The Morgan fingerprint density at radius 3 is 2.38 bits per heavy atom. The Morgan fingerprint density at radius 2 is 1.94 bits per heavy atom. The molecule has 0 N–H and O–H groups in total. The summed E-state index contributed by atoms with van der Waals surface area (Å²) in [5, 5.41) is 0. The van der Waals surface area contributed by atoms with E-state index in [0.29, 0.717) is 6.42 Å². The van der Waals surface area contributed by atoms with Gasteiger partial charge in [-0.2, -0.15) is 0 Å². The summed E-state index contributed by atoms with van der Waals surface area (Å²) in [4.78, 5) is 11.1. The first-order valence-electron chi connectivity index (χ1n) is 4.96. The normalized spacial score (nSPS) is 15.4. The fraction of sp³-hybridized carbons (Fsp3) is 0.667. The minimum Gasteiger partial charge on any atom is -0.463 e. The van der Waals surface area contributed by atoms with Crippen LogP contribution in [0.4, 0.5) is 0 Å². The Hall–Kier alpha value is -0.510. The van der Waals surface area contributed by atoms with Crippen LogP contribution < -0.4 is 0 Å². The Morgan fingerprint density at radius 1 is 1.31 bits per heavy atom. The van der Waals surface area contributed by atoms with E-state index in [1.165, 1.54) is 0 Å². The molecule has 0 rings (SSSR count). The van der Waals surface area contributed by atoms with Crippen LogP contribution in [0.25, 0.3) is 0 Å². The molecule has 16 heavy (non-hydrogen) atoms. The molecule has 0 saturated carbocycles. The Labute approximate surface area is 100 Å². The zero-order chi connectivity index (χ0) is 12.6. The zero-order valence-electron chi connectivity index (χ0n) is 9.57. The molecule has 0 aromatic carbocycles. The van der Waals surface area contributed by atoms with E-state index in [-0.39, 0.29) is 19.0 Å². The van der Waals surface area contributed by atoms with Crippen molar-refractivity contribution in [1.29, 1.82) is 0 Å². The van der Waals surface area contributed by atoms with Crippen LogP contribution in [-0.4, -0.2) is 19.2 Å². The molecule has 0 fully saturated rings. The summed E-state index contributed by atoms with van der Waals surface area (Å²) in [6.45, 7) is 1.83. The van der Waals surface area contributed by atoms with Crippen LogP contribution in [0.3, 0.4) is 0 Å². The molecular formula is C9H16ClO5P. The van der Waals surface area contributed by atoms with Gasteiger partial charge in [-0.15, -0.1) is 0 Å². The molecule has 0 aromatic rings. The lowest BCUT2D eigenvalue weighted by Gasteiger charge is -2.13. The quantitative estimate of drug-likeness (QED) is 0.308. The maximum atomic E-state index is 11.5. The summed E-state index contributed by atoms with van der Waals surface area (Å²) >= 11 is 5.49. The number of esters is 1. The molecule has 0 aliphatic rings. The second kappa shape index (κ2) is 7.71. The number of halogens is 1. The number of ether oxygens (including phenoxy) is 1. The Bertz CT molecular complexity index is 302. The van der Waals surface area contributed by atoms with E-state index in [2.05, 4.69) is 4.74 Å². The SMILES string of the molecule is CCOC(=O)C=C(CC)OP(=O)(Cl)OCC. The minimum absolute atomic E-state index is 0.164. The molecule has 0 heterocycles. The van der Waals surface area contributed by atoms with Crippen LogP contribution >= 0.6 is 18.2 Å². The predicted octanol–water partition coefficient (Wildman–Crippen LogP) is 3.24. The van der Waals surface area contributed by atoms with Crippen molar-refractivity contribution in [2.24, 2.45) is 0 Å². The van der Waals surface area contributed by atoms with Gasteiger partial charge < -0.3 is 9.26 Å². The molecule has 0 amide bonds. The van der Waals surface area contributed by atoms with E-state index in [9.17, 15) is 9.36 Å². The fourth-order valence-electron chi connectivity index (χ4n) is 0.829. The van der Waals surface area contributed by atoms with Crippen LogP contribution in [0.15, 0.2) is 11.8 Å². The van der Waals surface area contributed by atoms with E-state index < -0.39 is 12.9 Å². The van der Waals surface area contributed by atoms with E-state index in [1.54, 1.807) is 20.8 Å². The van der Waals surface area contributed by atoms with E-state index >= 15 is 0 Å². The van der Waals surface area contributed by atoms with Gasteiger partial charge in [0, 0.05) is 17.7 Å². The Kier molecular flexibility index (Phi) is 7.47. The largest absolute Gasteiger partial charge is 0.476 e. The van der Waals surface area contributed by atoms with Crippen molar-refractivity contribution < 1.29 is 23.1 Å². The van der Waals surface area contributed by atoms with Crippen LogP contribution in [0, 0.1) is 0 Å². The number of rotatable bonds is 7. The smallest absolute Gasteiger partial charge is 0.463 e. The van der Waals surface area contributed by atoms with Gasteiger partial charge in [-0.05, 0) is 13.8 Å². The number of allylic oxidation sites excluding steroid dienone is 1. The van der Waals surface area contributed by atoms with Crippen molar-refractivity contribution >= 4 is 24.2 Å². The monoisotopic (exact) mass is 270 g/mol. The fourth-order valence-corrected chi connectivity index (χ4v) is 2.21. The first-order valence-corrected chi connectivity index (χ1v) is 7.41. The van der Waals surface area contributed by atoms with Crippen molar-refractivity contribution in [2.75, 3.05) is 13.2 Å². The molecule has 0 aromatic heterocycles. The van der Waals surface area contributed by atoms with Crippen LogP contribution in [0.2, 0.25) is 0 Å².